The molecular formula is C11H24OS. The van der Waals surface area contributed by atoms with Crippen LogP contribution in [0.25, 0.3) is 0 Å². The summed E-state index contributed by atoms with van der Waals surface area (Å²) < 4.78 is 0. The maximum absolute atomic E-state index is 9.52. The summed E-state index contributed by atoms with van der Waals surface area (Å²) in [7, 11) is -0.0177. The highest BCUT2D eigenvalue weighted by Gasteiger charge is 2.12. The predicted octanol–water partition coefficient (Wildman–Crippen LogP) is 3.09. The highest BCUT2D eigenvalue weighted by atomic mass is 32.2. The quantitative estimate of drug-likeness (QED) is 0.637. The molecule has 0 aliphatic rings. The van der Waals surface area contributed by atoms with Gasteiger partial charge >= 0.3 is 0 Å². The molecule has 0 rings (SSSR count). The van der Waals surface area contributed by atoms with E-state index in [-0.39, 0.29) is 10.9 Å². The van der Waals surface area contributed by atoms with Crippen molar-refractivity contribution in [3.8, 4) is 0 Å². The zero-order valence-electron chi connectivity index (χ0n) is 9.38. The van der Waals surface area contributed by atoms with Crippen LogP contribution >= 0.6 is 10.9 Å². The molecule has 0 bridgehead atoms. The summed E-state index contributed by atoms with van der Waals surface area (Å²) in [5, 5.41) is 12.4. The summed E-state index contributed by atoms with van der Waals surface area (Å²) in [4.78, 5) is 0. The molecule has 0 fully saturated rings. The standard InChI is InChI=1S/C11H24OS/c1-6-13(10(2)3)9-7-8-11(4,5)12/h6,10,12-13H,1,7-9H2,2-5H3. The SMILES string of the molecule is C=C[SH](CCCC(C)(C)O)C(C)C. The van der Waals surface area contributed by atoms with Crippen LogP contribution < -0.4 is 0 Å². The molecule has 1 nitrogen and oxygen atoms in total. The Labute approximate surface area is 85.6 Å². The molecule has 0 aliphatic carbocycles. The number of thiol groups is 1. The highest BCUT2D eigenvalue weighted by molar-refractivity contribution is 8.20. The van der Waals surface area contributed by atoms with Gasteiger partial charge in [-0.3, -0.25) is 0 Å². The molecule has 0 saturated carbocycles. The third kappa shape index (κ3) is 7.15. The summed E-state index contributed by atoms with van der Waals surface area (Å²) in [6, 6.07) is 0. The van der Waals surface area contributed by atoms with Crippen molar-refractivity contribution in [3.05, 3.63) is 12.0 Å². The van der Waals surface area contributed by atoms with E-state index in [1.54, 1.807) is 0 Å². The maximum Gasteiger partial charge on any atom is 0.0592 e. The van der Waals surface area contributed by atoms with Gasteiger partial charge in [-0.1, -0.05) is 25.8 Å². The zero-order chi connectivity index (χ0) is 10.5. The lowest BCUT2D eigenvalue weighted by atomic mass is 10.0. The smallest absolute Gasteiger partial charge is 0.0592 e. The normalized spacial score (nSPS) is 16.0. The van der Waals surface area contributed by atoms with Gasteiger partial charge in [0.05, 0.1) is 5.60 Å². The lowest BCUT2D eigenvalue weighted by molar-refractivity contribution is 0.0706. The van der Waals surface area contributed by atoms with E-state index in [1.165, 1.54) is 5.75 Å². The van der Waals surface area contributed by atoms with Crippen LogP contribution in [-0.4, -0.2) is 21.7 Å². The van der Waals surface area contributed by atoms with E-state index >= 15 is 0 Å². The Morgan fingerprint density at radius 2 is 2.00 bits per heavy atom. The second kappa shape index (κ2) is 5.71. The molecule has 0 aliphatic heterocycles. The second-order valence-corrected chi connectivity index (χ2v) is 7.30. The average Bonchev–Trinajstić information content (AvgIpc) is 1.95. The molecule has 0 aromatic heterocycles. The lowest BCUT2D eigenvalue weighted by Gasteiger charge is -2.23. The van der Waals surface area contributed by atoms with Crippen LogP contribution in [0.4, 0.5) is 0 Å². The van der Waals surface area contributed by atoms with Crippen LogP contribution in [0.3, 0.4) is 0 Å². The molecule has 0 radical (unpaired) electrons. The first kappa shape index (κ1) is 13.1. The van der Waals surface area contributed by atoms with Crippen molar-refractivity contribution in [2.24, 2.45) is 0 Å². The molecule has 1 N–H and O–H groups in total. The molecule has 13 heavy (non-hydrogen) atoms. The van der Waals surface area contributed by atoms with Crippen LogP contribution in [0.5, 0.6) is 0 Å². The minimum atomic E-state index is -0.501. The summed E-state index contributed by atoms with van der Waals surface area (Å²) in [5.74, 6) is 1.21. The van der Waals surface area contributed by atoms with Gasteiger partial charge in [-0.05, 0) is 37.7 Å². The maximum atomic E-state index is 9.52. The van der Waals surface area contributed by atoms with Gasteiger partial charge in [0.1, 0.15) is 0 Å². The summed E-state index contributed by atoms with van der Waals surface area (Å²) >= 11 is 0. The van der Waals surface area contributed by atoms with Crippen LogP contribution in [0.1, 0.15) is 40.5 Å². The zero-order valence-corrected chi connectivity index (χ0v) is 10.3. The predicted molar refractivity (Wildman–Crippen MR) is 64.7 cm³/mol. The Kier molecular flexibility index (Phi) is 5.73. The van der Waals surface area contributed by atoms with Gasteiger partial charge in [0.15, 0.2) is 0 Å². The largest absolute Gasteiger partial charge is 0.390 e. The Morgan fingerprint density at radius 3 is 2.31 bits per heavy atom. The first-order valence-corrected chi connectivity index (χ1v) is 6.64. The molecular weight excluding hydrogens is 180 g/mol. The number of hydrogen-bond acceptors (Lipinski definition) is 1. The van der Waals surface area contributed by atoms with Crippen LogP contribution in [0, 0.1) is 0 Å². The monoisotopic (exact) mass is 204 g/mol. The first-order chi connectivity index (χ1) is 5.87. The van der Waals surface area contributed by atoms with Crippen molar-refractivity contribution in [1.82, 2.24) is 0 Å². The van der Waals surface area contributed by atoms with Gasteiger partial charge in [0.25, 0.3) is 0 Å². The van der Waals surface area contributed by atoms with E-state index in [4.69, 9.17) is 0 Å². The number of rotatable bonds is 6. The van der Waals surface area contributed by atoms with E-state index in [1.807, 2.05) is 13.8 Å². The molecule has 0 amide bonds. The van der Waals surface area contributed by atoms with Crippen LogP contribution in [0.2, 0.25) is 0 Å². The van der Waals surface area contributed by atoms with Crippen molar-refractivity contribution in [3.63, 3.8) is 0 Å². The molecule has 1 unspecified atom stereocenters. The van der Waals surface area contributed by atoms with Crippen molar-refractivity contribution < 1.29 is 5.11 Å². The molecule has 0 aromatic rings. The Balaban J connectivity index is 3.68. The minimum Gasteiger partial charge on any atom is -0.390 e. The molecule has 0 saturated heterocycles. The topological polar surface area (TPSA) is 20.2 Å². The fourth-order valence-corrected chi connectivity index (χ4v) is 2.90. The second-order valence-electron chi connectivity index (χ2n) is 4.43. The minimum absolute atomic E-state index is 0.0177. The van der Waals surface area contributed by atoms with Gasteiger partial charge in [0.2, 0.25) is 0 Å². The molecule has 80 valence electrons. The van der Waals surface area contributed by atoms with Crippen LogP contribution in [0.15, 0.2) is 12.0 Å². The first-order valence-electron chi connectivity index (χ1n) is 4.97. The third-order valence-electron chi connectivity index (χ3n) is 2.10. The van der Waals surface area contributed by atoms with E-state index in [0.29, 0.717) is 0 Å². The molecule has 1 atom stereocenters. The Bertz CT molecular complexity index is 147. The summed E-state index contributed by atoms with van der Waals surface area (Å²) in [6.07, 6.45) is 2.01. The Morgan fingerprint density at radius 1 is 1.46 bits per heavy atom. The van der Waals surface area contributed by atoms with Gasteiger partial charge < -0.3 is 5.11 Å². The molecule has 2 heteroatoms. The van der Waals surface area contributed by atoms with E-state index in [0.717, 1.165) is 18.1 Å². The van der Waals surface area contributed by atoms with Gasteiger partial charge in [-0.15, -0.1) is 0 Å². The van der Waals surface area contributed by atoms with Crippen molar-refractivity contribution in [2.75, 3.05) is 5.75 Å². The number of aliphatic hydroxyl groups is 1. The molecule has 0 spiro atoms. The van der Waals surface area contributed by atoms with Crippen molar-refractivity contribution in [2.45, 2.75) is 51.4 Å². The van der Waals surface area contributed by atoms with Gasteiger partial charge in [0, 0.05) is 0 Å². The summed E-state index contributed by atoms with van der Waals surface area (Å²) in [5.41, 5.74) is -0.501. The average molecular weight is 204 g/mol. The van der Waals surface area contributed by atoms with E-state index < -0.39 is 5.60 Å². The van der Waals surface area contributed by atoms with Crippen molar-refractivity contribution >= 4 is 10.9 Å². The fourth-order valence-electron chi connectivity index (χ4n) is 1.25. The van der Waals surface area contributed by atoms with E-state index in [9.17, 15) is 5.11 Å². The van der Waals surface area contributed by atoms with E-state index in [2.05, 4.69) is 25.8 Å². The fraction of sp³-hybridized carbons (Fsp3) is 0.818. The molecule has 0 aromatic carbocycles. The van der Waals surface area contributed by atoms with Crippen LogP contribution in [-0.2, 0) is 0 Å². The molecule has 0 heterocycles. The lowest BCUT2D eigenvalue weighted by Crippen LogP contribution is -2.18. The highest BCUT2D eigenvalue weighted by Crippen LogP contribution is 2.33. The van der Waals surface area contributed by atoms with Crippen molar-refractivity contribution in [1.29, 1.82) is 0 Å². The van der Waals surface area contributed by atoms with Gasteiger partial charge in [-0.25, -0.2) is 10.9 Å². The third-order valence-corrected chi connectivity index (χ3v) is 4.73. The Hall–Kier alpha value is 0.0500. The van der Waals surface area contributed by atoms with Gasteiger partial charge in [-0.2, -0.15) is 0 Å². The number of hydrogen-bond donors (Lipinski definition) is 2. The summed E-state index contributed by atoms with van der Waals surface area (Å²) in [6.45, 7) is 12.1.